The van der Waals surface area contributed by atoms with Crippen LogP contribution in [0.3, 0.4) is 0 Å². The topological polar surface area (TPSA) is 25.3 Å². The Balaban J connectivity index is 2.14. The Hall–Kier alpha value is -2.92. The zero-order valence-corrected chi connectivity index (χ0v) is 37.3. The Morgan fingerprint density at radius 2 is 0.855 bits per heavy atom. The van der Waals surface area contributed by atoms with Crippen molar-refractivity contribution in [3.05, 3.63) is 85.5 Å². The third-order valence-electron chi connectivity index (χ3n) is 11.8. The highest BCUT2D eigenvalue weighted by Gasteiger charge is 2.36. The monoisotopic (exact) mass is 747 g/mol. The highest BCUT2D eigenvalue weighted by atomic mass is 15.2. The van der Waals surface area contributed by atoms with E-state index in [-0.39, 0.29) is 0 Å². The minimum absolute atomic E-state index is 0.835. The molecular weight excluding hydrogens is 665 g/mol. The maximum Gasteiger partial charge on any atom is 0.223 e. The Morgan fingerprint density at radius 3 is 1.33 bits per heavy atom. The van der Waals surface area contributed by atoms with Gasteiger partial charge in [-0.15, -0.1) is 0 Å². The zero-order chi connectivity index (χ0) is 39.8. The predicted molar refractivity (Wildman–Crippen MR) is 243 cm³/mol. The van der Waals surface area contributed by atoms with E-state index in [2.05, 4.69) is 91.5 Å². The molecule has 0 aliphatic carbocycles. The maximum atomic E-state index is 12.6. The minimum atomic E-state index is 0.835. The molecule has 0 fully saturated rings. The van der Waals surface area contributed by atoms with Crippen LogP contribution in [0.4, 0.5) is 0 Å². The van der Waals surface area contributed by atoms with Gasteiger partial charge in [0.25, 0.3) is 0 Å². The van der Waals surface area contributed by atoms with E-state index in [1.807, 2.05) is 0 Å². The molecule has 2 nitrogen and oxygen atoms in total. The quantitative estimate of drug-likeness (QED) is 0.0471. The van der Waals surface area contributed by atoms with E-state index in [4.69, 9.17) is 0 Å². The first-order chi connectivity index (χ1) is 26.9. The first kappa shape index (κ1) is 46.5. The van der Waals surface area contributed by atoms with Crippen LogP contribution in [0.15, 0.2) is 35.4 Å². The van der Waals surface area contributed by atoms with Gasteiger partial charge in [-0.25, -0.2) is 4.70 Å². The number of hydrogen-bond donors (Lipinski definition) is 0. The number of benzene rings is 2. The van der Waals surface area contributed by atoms with Crippen LogP contribution >= 0.6 is 0 Å². The molecular formula is C53H82N2. The van der Waals surface area contributed by atoms with Crippen molar-refractivity contribution in [1.82, 2.24) is 0 Å². The van der Waals surface area contributed by atoms with Crippen LogP contribution in [0, 0.1) is 11.8 Å². The number of aryl methyl sites for hydroxylation is 4. The molecule has 0 bridgehead atoms. The molecule has 55 heavy (non-hydrogen) atoms. The number of nitrogens with zero attached hydrogens (tertiary/aromatic N) is 2. The van der Waals surface area contributed by atoms with Crippen molar-refractivity contribution in [2.75, 3.05) is 0 Å². The fourth-order valence-corrected chi connectivity index (χ4v) is 8.78. The third kappa shape index (κ3) is 13.9. The van der Waals surface area contributed by atoms with Crippen molar-refractivity contribution >= 4 is 11.4 Å². The van der Waals surface area contributed by atoms with Gasteiger partial charge < -0.3 is 5.53 Å². The molecule has 0 spiro atoms. The molecule has 304 valence electrons. The summed E-state index contributed by atoms with van der Waals surface area (Å²) in [4.78, 5) is 0. The largest absolute Gasteiger partial charge is 0.493 e. The second kappa shape index (κ2) is 26.8. The smallest absolute Gasteiger partial charge is 0.223 e. The summed E-state index contributed by atoms with van der Waals surface area (Å²) in [7, 11) is 0. The van der Waals surface area contributed by atoms with Gasteiger partial charge in [0, 0.05) is 23.1 Å². The van der Waals surface area contributed by atoms with E-state index in [0.717, 1.165) is 99.6 Å². The summed E-state index contributed by atoms with van der Waals surface area (Å²) in [6.45, 7) is 18.4. The number of allylic oxidation sites excluding steroid dienone is 2. The van der Waals surface area contributed by atoms with Gasteiger partial charge in [-0.05, 0) is 128 Å². The minimum Gasteiger partial charge on any atom is -0.493 e. The summed E-state index contributed by atoms with van der Waals surface area (Å²) in [6.07, 6.45) is 32.3. The molecule has 0 N–H and O–H groups in total. The lowest BCUT2D eigenvalue weighted by Gasteiger charge is -2.19. The van der Waals surface area contributed by atoms with E-state index in [0.29, 0.717) is 0 Å². The van der Waals surface area contributed by atoms with Crippen LogP contribution in [-0.4, -0.2) is 4.70 Å². The van der Waals surface area contributed by atoms with Gasteiger partial charge in [-0.3, -0.25) is 0 Å². The molecule has 0 saturated carbocycles. The zero-order valence-electron chi connectivity index (χ0n) is 37.3. The second-order valence-electron chi connectivity index (χ2n) is 16.6. The third-order valence-corrected chi connectivity index (χ3v) is 11.8. The highest BCUT2D eigenvalue weighted by Crippen LogP contribution is 2.43. The Morgan fingerprint density at radius 1 is 0.436 bits per heavy atom. The Kier molecular flexibility index (Phi) is 22.7. The van der Waals surface area contributed by atoms with Crippen LogP contribution in [0.2, 0.25) is 0 Å². The number of unbranched alkanes of at least 4 members (excludes halogenated alkanes) is 13. The summed E-state index contributed by atoms with van der Waals surface area (Å²) < 4.78 is 1.58. The molecule has 0 saturated heterocycles. The fourth-order valence-electron chi connectivity index (χ4n) is 8.78. The summed E-state index contributed by atoms with van der Waals surface area (Å²) in [5.74, 6) is 7.39. The summed E-state index contributed by atoms with van der Waals surface area (Å²) >= 11 is 0. The van der Waals surface area contributed by atoms with Gasteiger partial charge >= 0.3 is 0 Å². The number of rotatable bonds is 28. The van der Waals surface area contributed by atoms with Gasteiger partial charge in [0.2, 0.25) is 11.4 Å². The van der Waals surface area contributed by atoms with E-state index >= 15 is 0 Å². The van der Waals surface area contributed by atoms with Crippen molar-refractivity contribution in [3.63, 3.8) is 0 Å². The standard InChI is InChI=1S/C53H82N2/c1-9-17-21-22-23-24-25-26-27-28-29-30-37-51-48(16-8)52(46-40-44(34-18-10-2)50(36-20-12-4)45(41-46)35-19-11-3)55(54)53(51)47-38-42(31-13-5)49(33-15-7)43(39-47)32-14-6/h38-41H,9-29,31-36H2,1-8H3. The van der Waals surface area contributed by atoms with Gasteiger partial charge in [-0.1, -0.05) is 164 Å². The average Bonchev–Trinajstić information content (AvgIpc) is 3.47. The lowest BCUT2D eigenvalue weighted by molar-refractivity contribution is -0.345. The molecule has 0 aromatic heterocycles. The lowest BCUT2D eigenvalue weighted by Crippen LogP contribution is -2.09. The van der Waals surface area contributed by atoms with Crippen LogP contribution in [0.5, 0.6) is 0 Å². The van der Waals surface area contributed by atoms with Crippen LogP contribution in [0.1, 0.15) is 235 Å². The lowest BCUT2D eigenvalue weighted by atomic mass is 9.87. The Labute approximate surface area is 341 Å². The molecule has 3 rings (SSSR count). The van der Waals surface area contributed by atoms with Crippen molar-refractivity contribution in [2.45, 2.75) is 229 Å². The van der Waals surface area contributed by atoms with Crippen molar-refractivity contribution in [3.8, 4) is 11.8 Å². The molecule has 2 heteroatoms. The molecule has 2 aromatic rings. The summed E-state index contributed by atoms with van der Waals surface area (Å²) in [5.41, 5.74) is 28.1. The van der Waals surface area contributed by atoms with Gasteiger partial charge in [0.1, 0.15) is 5.57 Å². The van der Waals surface area contributed by atoms with Gasteiger partial charge in [-0.2, -0.15) is 0 Å². The number of hydrogen-bond acceptors (Lipinski definition) is 0. The molecule has 1 heterocycles. The molecule has 0 unspecified atom stereocenters. The van der Waals surface area contributed by atoms with Crippen molar-refractivity contribution in [1.29, 1.82) is 0 Å². The molecule has 1 aliphatic heterocycles. The fraction of sp³-hybridized carbons (Fsp3) is 0.660. The van der Waals surface area contributed by atoms with Crippen LogP contribution in [-0.2, 0) is 38.5 Å². The molecule has 0 atom stereocenters. The molecule has 2 aromatic carbocycles. The average molecular weight is 747 g/mol. The Bertz CT molecular complexity index is 1530. The van der Waals surface area contributed by atoms with E-state index in [1.165, 1.54) is 130 Å². The summed E-state index contributed by atoms with van der Waals surface area (Å²) in [5, 5.41) is 0. The van der Waals surface area contributed by atoms with Crippen LogP contribution in [0.25, 0.3) is 16.9 Å². The normalized spacial score (nSPS) is 13.0. The summed E-state index contributed by atoms with van der Waals surface area (Å²) in [6, 6.07) is 9.74. The van der Waals surface area contributed by atoms with E-state index in [1.54, 1.807) is 15.8 Å². The van der Waals surface area contributed by atoms with Crippen molar-refractivity contribution in [2.24, 2.45) is 0 Å². The SMILES string of the molecule is CCCCCCCCCCCCC#CC1=C(c2cc(CCC)c(CCC)c(CCC)c2)[N+](=[N-])C(c2cc(CCCC)c(CCCC)c(CCCC)c2)=C1CC. The first-order valence-corrected chi connectivity index (χ1v) is 23.7. The second-order valence-corrected chi connectivity index (χ2v) is 16.6. The molecule has 0 radical (unpaired) electrons. The maximum absolute atomic E-state index is 12.6. The van der Waals surface area contributed by atoms with E-state index in [9.17, 15) is 5.53 Å². The van der Waals surface area contributed by atoms with Crippen LogP contribution < -0.4 is 0 Å². The van der Waals surface area contributed by atoms with E-state index < -0.39 is 0 Å². The van der Waals surface area contributed by atoms with Gasteiger partial charge in [0.15, 0.2) is 0 Å². The van der Waals surface area contributed by atoms with Crippen molar-refractivity contribution < 1.29 is 4.70 Å². The predicted octanol–water partition coefficient (Wildman–Crippen LogP) is 16.5. The molecule has 1 aliphatic rings. The van der Waals surface area contributed by atoms with Gasteiger partial charge in [0.05, 0.1) is 0 Å². The first-order valence-electron chi connectivity index (χ1n) is 23.7. The molecule has 0 amide bonds. The highest BCUT2D eigenvalue weighted by molar-refractivity contribution is 5.86.